The van der Waals surface area contributed by atoms with E-state index in [-0.39, 0.29) is 0 Å². The minimum absolute atomic E-state index is 0.675. The van der Waals surface area contributed by atoms with E-state index in [4.69, 9.17) is 4.74 Å². The molecule has 0 radical (unpaired) electrons. The van der Waals surface area contributed by atoms with E-state index in [0.717, 1.165) is 30.8 Å². The summed E-state index contributed by atoms with van der Waals surface area (Å²) in [6, 6.07) is 2.04. The number of hydrogen-bond acceptors (Lipinski definition) is 3. The van der Waals surface area contributed by atoms with Crippen LogP contribution in [0.25, 0.3) is 5.57 Å². The highest BCUT2D eigenvalue weighted by molar-refractivity contribution is 5.63. The second-order valence-corrected chi connectivity index (χ2v) is 4.27. The Morgan fingerprint density at radius 2 is 2.17 bits per heavy atom. The van der Waals surface area contributed by atoms with E-state index in [0.29, 0.717) is 6.61 Å². The predicted molar refractivity (Wildman–Crippen MR) is 76.8 cm³/mol. The van der Waals surface area contributed by atoms with E-state index in [1.54, 1.807) is 6.20 Å². The molecule has 0 atom stereocenters. The molecule has 3 heteroatoms. The summed E-state index contributed by atoms with van der Waals surface area (Å²) in [5.74, 6) is 0.840. The lowest BCUT2D eigenvalue weighted by Crippen LogP contribution is -2.15. The van der Waals surface area contributed by atoms with Gasteiger partial charge in [0.1, 0.15) is 5.75 Å². The topological polar surface area (TPSA) is 34.2 Å². The molecule has 0 spiro atoms. The third kappa shape index (κ3) is 5.32. The Morgan fingerprint density at radius 1 is 1.33 bits per heavy atom. The Bertz CT molecular complexity index is 375. The van der Waals surface area contributed by atoms with Gasteiger partial charge in [0.2, 0.25) is 0 Å². The van der Waals surface area contributed by atoms with Crippen molar-refractivity contribution < 1.29 is 4.74 Å². The first-order valence-corrected chi connectivity index (χ1v) is 6.73. The van der Waals surface area contributed by atoms with Gasteiger partial charge in [0, 0.05) is 6.20 Å². The van der Waals surface area contributed by atoms with E-state index in [1.165, 1.54) is 12.0 Å². The van der Waals surface area contributed by atoms with Crippen LogP contribution < -0.4 is 10.1 Å². The Balaban J connectivity index is 2.51. The van der Waals surface area contributed by atoms with Crippen molar-refractivity contribution in [1.82, 2.24) is 10.3 Å². The lowest BCUT2D eigenvalue weighted by Gasteiger charge is -2.06. The maximum Gasteiger partial charge on any atom is 0.138 e. The van der Waals surface area contributed by atoms with Gasteiger partial charge < -0.3 is 10.1 Å². The normalized spacial score (nSPS) is 11.6. The SMILES string of the molecule is CCCNCC/C=C(/C)c1cncc(OCC)c1. The molecule has 3 nitrogen and oxygen atoms in total. The standard InChI is InChI=1S/C15H24N2O/c1-4-8-16-9-6-7-13(3)14-10-15(18-5-2)12-17-11-14/h7,10-12,16H,4-6,8-9H2,1-3H3/b13-7-. The van der Waals surface area contributed by atoms with Crippen molar-refractivity contribution in [2.24, 2.45) is 0 Å². The molecule has 0 unspecified atom stereocenters. The fraction of sp³-hybridized carbons (Fsp3) is 0.533. The molecule has 0 aliphatic carbocycles. The highest BCUT2D eigenvalue weighted by Gasteiger charge is 1.99. The van der Waals surface area contributed by atoms with Crippen LogP contribution in [0, 0.1) is 0 Å². The van der Waals surface area contributed by atoms with Crippen LogP contribution >= 0.6 is 0 Å². The summed E-state index contributed by atoms with van der Waals surface area (Å²) >= 11 is 0. The van der Waals surface area contributed by atoms with E-state index < -0.39 is 0 Å². The Kier molecular flexibility index (Phi) is 7.11. The molecule has 0 bridgehead atoms. The van der Waals surface area contributed by atoms with Crippen molar-refractivity contribution in [2.45, 2.75) is 33.6 Å². The van der Waals surface area contributed by atoms with Gasteiger partial charge in [-0.2, -0.15) is 0 Å². The van der Waals surface area contributed by atoms with Crippen molar-refractivity contribution >= 4 is 5.57 Å². The monoisotopic (exact) mass is 248 g/mol. The first-order chi connectivity index (χ1) is 8.77. The summed E-state index contributed by atoms with van der Waals surface area (Å²) in [5, 5.41) is 3.39. The molecule has 0 saturated heterocycles. The Morgan fingerprint density at radius 3 is 2.89 bits per heavy atom. The number of ether oxygens (including phenoxy) is 1. The number of allylic oxidation sites excluding steroid dienone is 1. The summed E-state index contributed by atoms with van der Waals surface area (Å²) in [5.41, 5.74) is 2.39. The third-order valence-corrected chi connectivity index (χ3v) is 2.68. The molecule has 0 amide bonds. The number of nitrogens with one attached hydrogen (secondary N) is 1. The first-order valence-electron chi connectivity index (χ1n) is 6.73. The smallest absolute Gasteiger partial charge is 0.138 e. The summed E-state index contributed by atoms with van der Waals surface area (Å²) in [6.45, 7) is 9.08. The van der Waals surface area contributed by atoms with Crippen LogP contribution in [0.2, 0.25) is 0 Å². The number of aromatic nitrogens is 1. The maximum absolute atomic E-state index is 5.45. The Labute approximate surface area is 110 Å². The van der Waals surface area contributed by atoms with Crippen molar-refractivity contribution in [3.63, 3.8) is 0 Å². The molecule has 1 aromatic rings. The molecule has 1 rings (SSSR count). The molecule has 0 aliphatic heterocycles. The van der Waals surface area contributed by atoms with Crippen LogP contribution in [0.5, 0.6) is 5.75 Å². The predicted octanol–water partition coefficient (Wildman–Crippen LogP) is 3.27. The van der Waals surface area contributed by atoms with Crippen molar-refractivity contribution in [1.29, 1.82) is 0 Å². The van der Waals surface area contributed by atoms with Crippen LogP contribution in [0.4, 0.5) is 0 Å². The van der Waals surface area contributed by atoms with Crippen LogP contribution in [0.1, 0.15) is 39.2 Å². The zero-order valence-corrected chi connectivity index (χ0v) is 11.7. The van der Waals surface area contributed by atoms with Crippen LogP contribution in [0.3, 0.4) is 0 Å². The molecule has 0 fully saturated rings. The minimum atomic E-state index is 0.675. The van der Waals surface area contributed by atoms with Gasteiger partial charge >= 0.3 is 0 Å². The van der Waals surface area contributed by atoms with E-state index in [9.17, 15) is 0 Å². The number of pyridine rings is 1. The number of nitrogens with zero attached hydrogens (tertiary/aromatic N) is 1. The van der Waals surface area contributed by atoms with Crippen LogP contribution in [-0.4, -0.2) is 24.7 Å². The summed E-state index contributed by atoms with van der Waals surface area (Å²) in [4.78, 5) is 4.20. The van der Waals surface area contributed by atoms with E-state index >= 15 is 0 Å². The molecule has 1 heterocycles. The molecule has 0 saturated carbocycles. The molecular formula is C15H24N2O. The average Bonchev–Trinajstić information content (AvgIpc) is 2.39. The quantitative estimate of drug-likeness (QED) is 0.717. The summed E-state index contributed by atoms with van der Waals surface area (Å²) in [6.07, 6.45) is 8.11. The second kappa shape index (κ2) is 8.70. The number of rotatable bonds is 8. The molecule has 1 aromatic heterocycles. The van der Waals surface area contributed by atoms with Gasteiger partial charge in [-0.15, -0.1) is 0 Å². The largest absolute Gasteiger partial charge is 0.492 e. The fourth-order valence-electron chi connectivity index (χ4n) is 1.69. The van der Waals surface area contributed by atoms with Gasteiger partial charge in [-0.3, -0.25) is 4.98 Å². The van der Waals surface area contributed by atoms with E-state index in [2.05, 4.69) is 30.2 Å². The van der Waals surface area contributed by atoms with Gasteiger partial charge in [-0.05, 0) is 57.0 Å². The molecule has 0 aromatic carbocycles. The lowest BCUT2D eigenvalue weighted by molar-refractivity contribution is 0.339. The zero-order chi connectivity index (χ0) is 13.2. The molecule has 100 valence electrons. The van der Waals surface area contributed by atoms with E-state index in [1.807, 2.05) is 19.2 Å². The first kappa shape index (κ1) is 14.7. The van der Waals surface area contributed by atoms with Gasteiger partial charge in [0.25, 0.3) is 0 Å². The second-order valence-electron chi connectivity index (χ2n) is 4.27. The highest BCUT2D eigenvalue weighted by atomic mass is 16.5. The fourth-order valence-corrected chi connectivity index (χ4v) is 1.69. The molecule has 18 heavy (non-hydrogen) atoms. The molecule has 1 N–H and O–H groups in total. The minimum Gasteiger partial charge on any atom is -0.492 e. The molecular weight excluding hydrogens is 224 g/mol. The van der Waals surface area contributed by atoms with Crippen LogP contribution in [0.15, 0.2) is 24.5 Å². The highest BCUT2D eigenvalue weighted by Crippen LogP contribution is 2.18. The Hall–Kier alpha value is -1.35. The van der Waals surface area contributed by atoms with Crippen molar-refractivity contribution in [3.05, 3.63) is 30.1 Å². The van der Waals surface area contributed by atoms with Gasteiger partial charge in [-0.1, -0.05) is 13.0 Å². The lowest BCUT2D eigenvalue weighted by atomic mass is 10.1. The number of hydrogen-bond donors (Lipinski definition) is 1. The summed E-state index contributed by atoms with van der Waals surface area (Å²) < 4.78 is 5.45. The van der Waals surface area contributed by atoms with Crippen molar-refractivity contribution in [3.8, 4) is 5.75 Å². The van der Waals surface area contributed by atoms with Gasteiger partial charge in [0.15, 0.2) is 0 Å². The van der Waals surface area contributed by atoms with Gasteiger partial charge in [0.05, 0.1) is 12.8 Å². The van der Waals surface area contributed by atoms with Crippen molar-refractivity contribution in [2.75, 3.05) is 19.7 Å². The average molecular weight is 248 g/mol. The maximum atomic E-state index is 5.45. The third-order valence-electron chi connectivity index (χ3n) is 2.68. The summed E-state index contributed by atoms with van der Waals surface area (Å²) in [7, 11) is 0. The van der Waals surface area contributed by atoms with Crippen LogP contribution in [-0.2, 0) is 0 Å². The zero-order valence-electron chi connectivity index (χ0n) is 11.7. The molecule has 0 aliphatic rings. The van der Waals surface area contributed by atoms with Gasteiger partial charge in [-0.25, -0.2) is 0 Å².